The topological polar surface area (TPSA) is 57.6 Å². The van der Waals surface area contributed by atoms with Gasteiger partial charge in [0.1, 0.15) is 6.54 Å². The molecule has 3 rings (SSSR count). The van der Waals surface area contributed by atoms with Crippen molar-refractivity contribution in [3.05, 3.63) is 59.9 Å². The molecule has 3 amide bonds. The summed E-state index contributed by atoms with van der Waals surface area (Å²) in [6.07, 6.45) is 9.52. The number of aryl methyl sites for hydroxylation is 1. The van der Waals surface area contributed by atoms with E-state index < -0.39 is 0 Å². The van der Waals surface area contributed by atoms with Crippen LogP contribution in [0.25, 0.3) is 0 Å². The standard InChI is InChI=1S/C26H38N4O2/c1-3-4-18-29(26(32)27-23-14-9-6-10-15-23)21-25(31)30(19-22-12-7-5-8-13-22)20-24-16-11-17-28(24)2/h5,7-8,11-13,16-17,23H,3-4,6,9-10,14-15,18-21H2,1-2H3,(H,27,32). The lowest BCUT2D eigenvalue weighted by atomic mass is 9.96. The van der Waals surface area contributed by atoms with Crippen LogP contribution in [0.4, 0.5) is 4.79 Å². The fourth-order valence-corrected chi connectivity index (χ4v) is 4.27. The summed E-state index contributed by atoms with van der Waals surface area (Å²) in [6.45, 7) is 3.86. The molecule has 0 bridgehead atoms. The van der Waals surface area contributed by atoms with Gasteiger partial charge in [-0.25, -0.2) is 4.79 Å². The minimum Gasteiger partial charge on any atom is -0.353 e. The minimum atomic E-state index is -0.0998. The van der Waals surface area contributed by atoms with Crippen molar-refractivity contribution < 1.29 is 9.59 Å². The Morgan fingerprint density at radius 2 is 1.75 bits per heavy atom. The van der Waals surface area contributed by atoms with Crippen LogP contribution in [-0.4, -0.2) is 45.4 Å². The molecule has 174 valence electrons. The average Bonchev–Trinajstić information content (AvgIpc) is 3.21. The lowest BCUT2D eigenvalue weighted by Gasteiger charge is -2.30. The highest BCUT2D eigenvalue weighted by Gasteiger charge is 2.24. The Hall–Kier alpha value is -2.76. The van der Waals surface area contributed by atoms with E-state index in [4.69, 9.17) is 0 Å². The van der Waals surface area contributed by atoms with Gasteiger partial charge in [-0.05, 0) is 37.0 Å². The third-order valence-electron chi connectivity index (χ3n) is 6.30. The zero-order valence-electron chi connectivity index (χ0n) is 19.6. The van der Waals surface area contributed by atoms with Gasteiger partial charge in [0.25, 0.3) is 0 Å². The summed E-state index contributed by atoms with van der Waals surface area (Å²) in [5, 5.41) is 3.19. The zero-order valence-corrected chi connectivity index (χ0v) is 19.6. The lowest BCUT2D eigenvalue weighted by Crippen LogP contribution is -2.49. The van der Waals surface area contributed by atoms with Gasteiger partial charge in [-0.2, -0.15) is 0 Å². The highest BCUT2D eigenvalue weighted by atomic mass is 16.2. The molecule has 1 N–H and O–H groups in total. The van der Waals surface area contributed by atoms with Crippen LogP contribution in [-0.2, 0) is 24.9 Å². The van der Waals surface area contributed by atoms with Crippen LogP contribution in [0.15, 0.2) is 48.7 Å². The van der Waals surface area contributed by atoms with Crippen LogP contribution in [0.3, 0.4) is 0 Å². The molecule has 0 unspecified atom stereocenters. The number of rotatable bonds is 10. The number of amides is 3. The first-order chi connectivity index (χ1) is 15.6. The van der Waals surface area contributed by atoms with Gasteiger partial charge >= 0.3 is 6.03 Å². The monoisotopic (exact) mass is 438 g/mol. The van der Waals surface area contributed by atoms with Crippen LogP contribution in [0.5, 0.6) is 0 Å². The first-order valence-corrected chi connectivity index (χ1v) is 12.0. The summed E-state index contributed by atoms with van der Waals surface area (Å²) in [5.41, 5.74) is 2.16. The second-order valence-corrected chi connectivity index (χ2v) is 8.91. The number of nitrogens with one attached hydrogen (secondary N) is 1. The summed E-state index contributed by atoms with van der Waals surface area (Å²) in [4.78, 5) is 30.1. The maximum atomic E-state index is 13.5. The van der Waals surface area contributed by atoms with Crippen molar-refractivity contribution in [2.75, 3.05) is 13.1 Å². The molecular weight excluding hydrogens is 400 g/mol. The third-order valence-corrected chi connectivity index (χ3v) is 6.30. The van der Waals surface area contributed by atoms with Crippen molar-refractivity contribution in [3.63, 3.8) is 0 Å². The van der Waals surface area contributed by atoms with Crippen molar-refractivity contribution in [1.82, 2.24) is 19.7 Å². The molecule has 0 radical (unpaired) electrons. The molecule has 0 aliphatic heterocycles. The predicted octanol–water partition coefficient (Wildman–Crippen LogP) is 4.70. The summed E-state index contributed by atoms with van der Waals surface area (Å²) in [5.74, 6) is -0.0232. The second-order valence-electron chi connectivity index (χ2n) is 8.91. The van der Waals surface area contributed by atoms with Gasteiger partial charge in [0.05, 0.1) is 6.54 Å². The number of carbonyl (C=O) groups excluding carboxylic acids is 2. The number of urea groups is 1. The van der Waals surface area contributed by atoms with E-state index in [1.165, 1.54) is 19.3 Å². The Balaban J connectivity index is 1.70. The molecular formula is C26H38N4O2. The molecule has 1 heterocycles. The van der Waals surface area contributed by atoms with E-state index in [1.54, 1.807) is 4.90 Å². The van der Waals surface area contributed by atoms with Gasteiger partial charge in [-0.15, -0.1) is 0 Å². The summed E-state index contributed by atoms with van der Waals surface area (Å²) in [6, 6.07) is 14.2. The molecule has 1 saturated carbocycles. The number of aromatic nitrogens is 1. The quantitative estimate of drug-likeness (QED) is 0.585. The normalized spacial score (nSPS) is 14.2. The van der Waals surface area contributed by atoms with Gasteiger partial charge in [0.2, 0.25) is 5.91 Å². The number of benzene rings is 1. The third kappa shape index (κ3) is 7.14. The molecule has 32 heavy (non-hydrogen) atoms. The predicted molar refractivity (Wildman–Crippen MR) is 128 cm³/mol. The van der Waals surface area contributed by atoms with Crippen molar-refractivity contribution in [1.29, 1.82) is 0 Å². The first kappa shape index (κ1) is 23.9. The number of carbonyl (C=O) groups is 2. The van der Waals surface area contributed by atoms with Gasteiger partial charge in [-0.3, -0.25) is 4.79 Å². The molecule has 6 nitrogen and oxygen atoms in total. The molecule has 0 spiro atoms. The summed E-state index contributed by atoms with van der Waals surface area (Å²) >= 11 is 0. The van der Waals surface area contributed by atoms with E-state index in [9.17, 15) is 9.59 Å². The molecule has 1 aliphatic carbocycles. The number of nitrogens with zero attached hydrogens (tertiary/aromatic N) is 3. The number of hydrogen-bond acceptors (Lipinski definition) is 2. The fraction of sp³-hybridized carbons (Fsp3) is 0.538. The van der Waals surface area contributed by atoms with E-state index >= 15 is 0 Å². The van der Waals surface area contributed by atoms with Gasteiger partial charge in [0.15, 0.2) is 0 Å². The molecule has 0 saturated heterocycles. The molecule has 1 fully saturated rings. The van der Waals surface area contributed by atoms with Crippen LogP contribution in [0.2, 0.25) is 0 Å². The maximum absolute atomic E-state index is 13.5. The summed E-state index contributed by atoms with van der Waals surface area (Å²) < 4.78 is 2.04. The van der Waals surface area contributed by atoms with Crippen LogP contribution in [0, 0.1) is 0 Å². The van der Waals surface area contributed by atoms with E-state index in [2.05, 4.69) is 12.2 Å². The fourth-order valence-electron chi connectivity index (χ4n) is 4.27. The first-order valence-electron chi connectivity index (χ1n) is 12.0. The van der Waals surface area contributed by atoms with E-state index in [0.717, 1.165) is 36.9 Å². The van der Waals surface area contributed by atoms with Crippen LogP contribution < -0.4 is 5.32 Å². The molecule has 6 heteroatoms. The van der Waals surface area contributed by atoms with Crippen molar-refractivity contribution in [2.45, 2.75) is 71.0 Å². The average molecular weight is 439 g/mol. The van der Waals surface area contributed by atoms with Crippen molar-refractivity contribution in [3.8, 4) is 0 Å². The van der Waals surface area contributed by atoms with E-state index in [-0.39, 0.29) is 24.5 Å². The summed E-state index contributed by atoms with van der Waals surface area (Å²) in [7, 11) is 1.99. The van der Waals surface area contributed by atoms with E-state index in [1.807, 2.05) is 65.2 Å². The van der Waals surface area contributed by atoms with Crippen molar-refractivity contribution in [2.24, 2.45) is 7.05 Å². The number of hydrogen-bond donors (Lipinski definition) is 1. The van der Waals surface area contributed by atoms with Crippen LogP contribution in [0.1, 0.15) is 63.1 Å². The molecule has 1 aromatic carbocycles. The molecule has 1 aliphatic rings. The molecule has 2 aromatic rings. The largest absolute Gasteiger partial charge is 0.353 e. The Bertz CT molecular complexity index is 843. The minimum absolute atomic E-state index is 0.0232. The Labute approximate surface area is 192 Å². The molecule has 0 atom stereocenters. The van der Waals surface area contributed by atoms with Gasteiger partial charge < -0.3 is 19.7 Å². The van der Waals surface area contributed by atoms with Gasteiger partial charge in [0, 0.05) is 38.1 Å². The Morgan fingerprint density at radius 1 is 1.00 bits per heavy atom. The maximum Gasteiger partial charge on any atom is 0.318 e. The van der Waals surface area contributed by atoms with Crippen LogP contribution >= 0.6 is 0 Å². The SMILES string of the molecule is CCCCN(CC(=O)N(Cc1ccccc1)Cc1cccn1C)C(=O)NC1CCCCC1. The smallest absolute Gasteiger partial charge is 0.318 e. The Morgan fingerprint density at radius 3 is 2.41 bits per heavy atom. The van der Waals surface area contributed by atoms with Crippen molar-refractivity contribution >= 4 is 11.9 Å². The number of unbranched alkanes of at least 4 members (excludes halogenated alkanes) is 1. The highest BCUT2D eigenvalue weighted by Crippen LogP contribution is 2.18. The van der Waals surface area contributed by atoms with E-state index in [0.29, 0.717) is 19.6 Å². The van der Waals surface area contributed by atoms with Gasteiger partial charge in [-0.1, -0.05) is 62.9 Å². The Kier molecular flexibility index (Phi) is 9.20. The zero-order chi connectivity index (χ0) is 22.8. The molecule has 1 aromatic heterocycles. The second kappa shape index (κ2) is 12.3. The highest BCUT2D eigenvalue weighted by molar-refractivity contribution is 5.84. The lowest BCUT2D eigenvalue weighted by molar-refractivity contribution is -0.133.